The van der Waals surface area contributed by atoms with E-state index in [0.29, 0.717) is 19.6 Å². The molecule has 0 saturated heterocycles. The molecule has 0 spiro atoms. The number of anilines is 1. The van der Waals surface area contributed by atoms with Gasteiger partial charge in [0.2, 0.25) is 0 Å². The zero-order valence-electron chi connectivity index (χ0n) is 25.7. The quantitative estimate of drug-likeness (QED) is 0.317. The van der Waals surface area contributed by atoms with E-state index in [4.69, 9.17) is 0 Å². The maximum atomic E-state index is 12.9. The van der Waals surface area contributed by atoms with Crippen LogP contribution >= 0.6 is 0 Å². The van der Waals surface area contributed by atoms with Crippen LogP contribution in [0.2, 0.25) is 0 Å². The molecule has 39 heavy (non-hydrogen) atoms. The van der Waals surface area contributed by atoms with Crippen LogP contribution < -0.4 is 15.4 Å². The van der Waals surface area contributed by atoms with Crippen LogP contribution in [0.1, 0.15) is 62.8 Å². The molecule has 3 rings (SSSR count). The molecule has 2 aliphatic rings. The minimum Gasteiger partial charge on any atom is -0.315 e. The normalized spacial score (nSPS) is 14.7. The predicted octanol–water partition coefficient (Wildman–Crippen LogP) is 3.34. The topological polar surface area (TPSA) is 97.0 Å². The molecule has 10 heteroatoms. The summed E-state index contributed by atoms with van der Waals surface area (Å²) in [5.41, 5.74) is 5.83. The largest absolute Gasteiger partial charge is 0.333 e. The van der Waals surface area contributed by atoms with E-state index >= 15 is 0 Å². The molecule has 1 aromatic carbocycles. The van der Waals surface area contributed by atoms with Crippen LogP contribution in [0, 0.1) is 11.8 Å². The van der Waals surface area contributed by atoms with Crippen LogP contribution in [0.3, 0.4) is 0 Å². The van der Waals surface area contributed by atoms with Gasteiger partial charge in [-0.25, -0.2) is 9.52 Å². The van der Waals surface area contributed by atoms with E-state index in [1.54, 1.807) is 0 Å². The zero-order chi connectivity index (χ0) is 29.2. The van der Waals surface area contributed by atoms with Crippen molar-refractivity contribution >= 4 is 21.9 Å². The molecule has 0 heterocycles. The third kappa shape index (κ3) is 11.4. The summed E-state index contributed by atoms with van der Waals surface area (Å²) in [7, 11) is 4.07. The minimum absolute atomic E-state index is 0.164. The second-order valence-electron chi connectivity index (χ2n) is 12.3. The highest BCUT2D eigenvalue weighted by atomic mass is 32.2. The molecule has 2 aliphatic carbocycles. The first-order chi connectivity index (χ1) is 18.3. The summed E-state index contributed by atoms with van der Waals surface area (Å²) in [5, 5.41) is 6.28. The number of hydrogen-bond donors (Lipinski definition) is 3. The second kappa shape index (κ2) is 15.9. The van der Waals surface area contributed by atoms with E-state index in [9.17, 15) is 13.2 Å². The Hall–Kier alpha value is -1.72. The summed E-state index contributed by atoms with van der Waals surface area (Å²) < 4.78 is 29.4. The smallest absolute Gasteiger partial charge is 0.315 e. The predicted molar refractivity (Wildman–Crippen MR) is 163 cm³/mol. The number of rotatable bonds is 13. The molecule has 0 radical (unpaired) electrons. The molecular weight excluding hydrogens is 512 g/mol. The Labute approximate surface area is 238 Å². The molecule has 2 amide bonds. The van der Waals surface area contributed by atoms with Crippen LogP contribution in [0.15, 0.2) is 6.07 Å². The monoisotopic (exact) mass is 566 g/mol. The highest BCUT2D eigenvalue weighted by molar-refractivity contribution is 7.87. The standard InChI is InChI=1S/C21H34N4O3S.C8H20N2/c1-15(2)14-25(12-11-24(3)4)29(27,28)23-21(26)22-20-18-9-5-7-16(18)13-17-8-6-10-19(17)20;1-8(2)7-9-5-6-10(3)4/h13,15H,5-12,14H2,1-4H3,(H2,22,23,26);8-9H,5-7H2,1-4H3. The van der Waals surface area contributed by atoms with Gasteiger partial charge in [0.15, 0.2) is 0 Å². The lowest BCUT2D eigenvalue weighted by atomic mass is 9.99. The summed E-state index contributed by atoms with van der Waals surface area (Å²) in [5.74, 6) is 0.930. The molecule has 0 fully saturated rings. The van der Waals surface area contributed by atoms with Gasteiger partial charge in [0.05, 0.1) is 0 Å². The number of carbonyl (C=O) groups excluding carboxylic acids is 1. The summed E-state index contributed by atoms with van der Waals surface area (Å²) in [6, 6.07) is 1.62. The number of nitrogens with zero attached hydrogens (tertiary/aromatic N) is 3. The highest BCUT2D eigenvalue weighted by Gasteiger charge is 2.28. The molecule has 1 aromatic rings. The molecule has 0 atom stereocenters. The van der Waals surface area contributed by atoms with Crippen molar-refractivity contribution in [3.05, 3.63) is 28.3 Å². The lowest BCUT2D eigenvalue weighted by Gasteiger charge is -2.25. The number of carbonyl (C=O) groups is 1. The van der Waals surface area contributed by atoms with Crippen LogP contribution in [-0.4, -0.2) is 96.0 Å². The number of amides is 2. The zero-order valence-corrected chi connectivity index (χ0v) is 26.5. The summed E-state index contributed by atoms with van der Waals surface area (Å²) in [4.78, 5) is 16.8. The fourth-order valence-electron chi connectivity index (χ4n) is 5.01. The van der Waals surface area contributed by atoms with Crippen molar-refractivity contribution in [2.45, 2.75) is 66.2 Å². The Bertz CT molecular complexity index is 982. The van der Waals surface area contributed by atoms with E-state index in [-0.39, 0.29) is 5.92 Å². The maximum Gasteiger partial charge on any atom is 0.333 e. The van der Waals surface area contributed by atoms with Crippen molar-refractivity contribution in [1.82, 2.24) is 24.1 Å². The van der Waals surface area contributed by atoms with Crippen molar-refractivity contribution < 1.29 is 13.2 Å². The molecule has 0 saturated carbocycles. The van der Waals surface area contributed by atoms with Gasteiger partial charge in [-0.3, -0.25) is 0 Å². The van der Waals surface area contributed by atoms with Gasteiger partial charge in [-0.05, 0) is 107 Å². The number of likely N-dealkylation sites (N-methyl/N-ethyl adjacent to an activating group) is 2. The molecule has 9 nitrogen and oxygen atoms in total. The van der Waals surface area contributed by atoms with E-state index in [1.807, 2.05) is 32.8 Å². The van der Waals surface area contributed by atoms with Gasteiger partial charge in [0.1, 0.15) is 0 Å². The van der Waals surface area contributed by atoms with Crippen LogP contribution in [0.5, 0.6) is 0 Å². The van der Waals surface area contributed by atoms with Gasteiger partial charge >= 0.3 is 16.2 Å². The first-order valence-electron chi connectivity index (χ1n) is 14.6. The molecule has 0 aromatic heterocycles. The number of benzene rings is 1. The van der Waals surface area contributed by atoms with Crippen LogP contribution in [-0.2, 0) is 35.9 Å². The van der Waals surface area contributed by atoms with Gasteiger partial charge in [-0.1, -0.05) is 33.8 Å². The summed E-state index contributed by atoms with van der Waals surface area (Å²) >= 11 is 0. The highest BCUT2D eigenvalue weighted by Crippen LogP contribution is 2.38. The van der Waals surface area contributed by atoms with Crippen molar-refractivity contribution in [3.8, 4) is 0 Å². The van der Waals surface area contributed by atoms with Crippen molar-refractivity contribution in [2.75, 3.05) is 72.8 Å². The third-order valence-corrected chi connectivity index (χ3v) is 8.38. The van der Waals surface area contributed by atoms with Gasteiger partial charge in [0, 0.05) is 38.4 Å². The first kappa shape index (κ1) is 33.5. The summed E-state index contributed by atoms with van der Waals surface area (Å²) in [6.45, 7) is 13.0. The molecule has 224 valence electrons. The number of fused-ring (bicyclic) bond motifs is 2. The Morgan fingerprint density at radius 1 is 0.846 bits per heavy atom. The Kier molecular flexibility index (Phi) is 13.7. The van der Waals surface area contributed by atoms with Crippen molar-refractivity contribution in [2.24, 2.45) is 11.8 Å². The van der Waals surface area contributed by atoms with Crippen molar-refractivity contribution in [3.63, 3.8) is 0 Å². The Balaban J connectivity index is 0.000000455. The van der Waals surface area contributed by atoms with E-state index in [0.717, 1.165) is 69.8 Å². The van der Waals surface area contributed by atoms with Gasteiger partial charge in [-0.15, -0.1) is 0 Å². The minimum atomic E-state index is -3.92. The second-order valence-corrected chi connectivity index (χ2v) is 13.9. The van der Waals surface area contributed by atoms with E-state index < -0.39 is 16.2 Å². The number of hydrogen-bond acceptors (Lipinski definition) is 6. The number of urea groups is 1. The number of nitrogens with one attached hydrogen (secondary N) is 3. The van der Waals surface area contributed by atoms with E-state index in [2.05, 4.69) is 54.3 Å². The van der Waals surface area contributed by atoms with Gasteiger partial charge in [0.25, 0.3) is 0 Å². The molecule has 0 bridgehead atoms. The Morgan fingerprint density at radius 2 is 1.41 bits per heavy atom. The van der Waals surface area contributed by atoms with Gasteiger partial charge < -0.3 is 20.4 Å². The fraction of sp³-hybridized carbons (Fsp3) is 0.759. The lowest BCUT2D eigenvalue weighted by Crippen LogP contribution is -2.48. The van der Waals surface area contributed by atoms with Crippen LogP contribution in [0.4, 0.5) is 10.5 Å². The number of aryl methyl sites for hydroxylation is 2. The maximum absolute atomic E-state index is 12.9. The fourth-order valence-corrected chi connectivity index (χ4v) is 6.24. The average Bonchev–Trinajstić information content (AvgIpc) is 3.48. The van der Waals surface area contributed by atoms with Gasteiger partial charge in [-0.2, -0.15) is 12.7 Å². The van der Waals surface area contributed by atoms with E-state index in [1.165, 1.54) is 26.6 Å². The third-order valence-electron chi connectivity index (χ3n) is 6.93. The van der Waals surface area contributed by atoms with Crippen molar-refractivity contribution in [1.29, 1.82) is 0 Å². The molecule has 0 aliphatic heterocycles. The molecule has 0 unspecified atom stereocenters. The van der Waals surface area contributed by atoms with Crippen LogP contribution in [0.25, 0.3) is 0 Å². The lowest BCUT2D eigenvalue weighted by molar-refractivity contribution is 0.254. The molecule has 3 N–H and O–H groups in total. The molecular formula is C29H54N6O3S. The Morgan fingerprint density at radius 3 is 1.90 bits per heavy atom. The summed E-state index contributed by atoms with van der Waals surface area (Å²) in [6.07, 6.45) is 6.10. The SMILES string of the molecule is CC(C)CN(CCN(C)C)S(=O)(=O)NC(=O)Nc1c2c(cc3c1CCC3)CCC2.CC(C)CNCCN(C)C. The first-order valence-corrected chi connectivity index (χ1v) is 16.0. The average molecular weight is 567 g/mol.